The second kappa shape index (κ2) is 10.9. The van der Waals surface area contributed by atoms with E-state index in [-0.39, 0.29) is 49.8 Å². The van der Waals surface area contributed by atoms with E-state index in [1.54, 1.807) is 17.8 Å². The fraction of sp³-hybridized carbons (Fsp3) is 0.429. The molecule has 18 heavy (non-hydrogen) atoms. The molecule has 2 aliphatic rings. The SMILES string of the molecule is O.O.O.O.O.O.O=C(O)C1=CCS[C@@H]2CC(=O)N12. The lowest BCUT2D eigenvalue weighted by Crippen LogP contribution is -2.52. The van der Waals surface area contributed by atoms with E-state index in [4.69, 9.17) is 5.11 Å². The maximum atomic E-state index is 11.0. The molecular weight excluding hydrogens is 274 g/mol. The van der Waals surface area contributed by atoms with Gasteiger partial charge in [0.05, 0.1) is 11.8 Å². The average molecular weight is 293 g/mol. The highest BCUT2D eigenvalue weighted by molar-refractivity contribution is 8.00. The summed E-state index contributed by atoms with van der Waals surface area (Å²) in [4.78, 5) is 23.0. The zero-order valence-corrected chi connectivity index (χ0v) is 10.0. The van der Waals surface area contributed by atoms with Gasteiger partial charge in [-0.3, -0.25) is 9.69 Å². The van der Waals surface area contributed by atoms with Crippen LogP contribution < -0.4 is 0 Å². The third-order valence-electron chi connectivity index (χ3n) is 1.95. The lowest BCUT2D eigenvalue weighted by atomic mass is 10.1. The van der Waals surface area contributed by atoms with Gasteiger partial charge in [0, 0.05) is 5.75 Å². The van der Waals surface area contributed by atoms with Crippen LogP contribution in [0.4, 0.5) is 0 Å². The maximum Gasteiger partial charge on any atom is 0.352 e. The van der Waals surface area contributed by atoms with Crippen LogP contribution in [0, 0.1) is 0 Å². The largest absolute Gasteiger partial charge is 0.477 e. The molecule has 0 aromatic heterocycles. The van der Waals surface area contributed by atoms with Crippen LogP contribution >= 0.6 is 11.8 Å². The van der Waals surface area contributed by atoms with Crippen molar-refractivity contribution in [3.05, 3.63) is 11.8 Å². The molecule has 0 unspecified atom stereocenters. The Morgan fingerprint density at radius 2 is 1.72 bits per heavy atom. The van der Waals surface area contributed by atoms with E-state index >= 15 is 0 Å². The van der Waals surface area contributed by atoms with Gasteiger partial charge in [0.2, 0.25) is 5.91 Å². The number of rotatable bonds is 1. The van der Waals surface area contributed by atoms with Crippen molar-refractivity contribution in [2.24, 2.45) is 0 Å². The molecule has 1 atom stereocenters. The summed E-state index contributed by atoms with van der Waals surface area (Å²) < 4.78 is 0. The lowest BCUT2D eigenvalue weighted by molar-refractivity contribution is -0.146. The molecule has 1 amide bonds. The van der Waals surface area contributed by atoms with E-state index in [1.165, 1.54) is 4.90 Å². The first-order valence-electron chi connectivity index (χ1n) is 3.57. The number of β-lactam (4-membered cyclic amide) rings is 1. The van der Waals surface area contributed by atoms with Crippen molar-refractivity contribution < 1.29 is 47.6 Å². The van der Waals surface area contributed by atoms with Gasteiger partial charge in [0.1, 0.15) is 5.70 Å². The Morgan fingerprint density at radius 3 is 2.06 bits per heavy atom. The minimum absolute atomic E-state index is 0. The zero-order valence-electron chi connectivity index (χ0n) is 9.19. The monoisotopic (exact) mass is 293 g/mol. The Morgan fingerprint density at radius 1 is 1.22 bits per heavy atom. The molecule has 2 rings (SSSR count). The minimum Gasteiger partial charge on any atom is -0.477 e. The molecule has 1 fully saturated rings. The number of carbonyl (C=O) groups is 2. The van der Waals surface area contributed by atoms with E-state index in [1.807, 2.05) is 0 Å². The lowest BCUT2D eigenvalue weighted by Gasteiger charge is -2.42. The van der Waals surface area contributed by atoms with Crippen LogP contribution in [0.3, 0.4) is 0 Å². The predicted molar refractivity (Wildman–Crippen MR) is 65.1 cm³/mol. The Kier molecular flexibility index (Phi) is 18.3. The Labute approximate surface area is 106 Å². The number of thioether (sulfide) groups is 1. The number of hydrogen-bond donors (Lipinski definition) is 1. The number of aliphatic carboxylic acids is 1. The zero-order chi connectivity index (χ0) is 8.72. The number of carboxylic acids is 1. The molecular formula is C7H19NO9S. The fourth-order valence-corrected chi connectivity index (χ4v) is 2.45. The van der Waals surface area contributed by atoms with Gasteiger partial charge in [0.15, 0.2) is 0 Å². The average Bonchev–Trinajstić information content (AvgIpc) is 2.01. The normalized spacial score (nSPS) is 18.2. The summed E-state index contributed by atoms with van der Waals surface area (Å²) in [6, 6.07) is 0. The molecule has 0 radical (unpaired) electrons. The van der Waals surface area contributed by atoms with Gasteiger partial charge in [-0.25, -0.2) is 4.79 Å². The third-order valence-corrected chi connectivity index (χ3v) is 3.07. The van der Waals surface area contributed by atoms with Crippen LogP contribution in [0.25, 0.3) is 0 Å². The number of fused-ring (bicyclic) bond motifs is 1. The molecule has 0 saturated carbocycles. The molecule has 13 N–H and O–H groups in total. The van der Waals surface area contributed by atoms with Gasteiger partial charge < -0.3 is 38.0 Å². The second-order valence-corrected chi connectivity index (χ2v) is 3.86. The topological polar surface area (TPSA) is 247 Å². The standard InChI is InChI=1S/C7H7NO3S.6H2O/c9-5-3-6-8(5)4(7(10)11)1-2-12-6;;;;;;/h1,6H,2-3H2,(H,10,11);6*1H2/t6-;;;;;;/m1....../s1. The van der Waals surface area contributed by atoms with Gasteiger partial charge in [-0.05, 0) is 6.08 Å². The molecule has 2 heterocycles. The smallest absolute Gasteiger partial charge is 0.352 e. The van der Waals surface area contributed by atoms with Crippen LogP contribution in [-0.2, 0) is 9.59 Å². The van der Waals surface area contributed by atoms with Crippen LogP contribution in [0.15, 0.2) is 11.8 Å². The Bertz CT molecular complexity index is 295. The molecule has 0 bridgehead atoms. The molecule has 0 aromatic carbocycles. The Balaban J connectivity index is -0.0000000939. The van der Waals surface area contributed by atoms with Crippen molar-refractivity contribution in [2.75, 3.05) is 5.75 Å². The predicted octanol–water partition coefficient (Wildman–Crippen LogP) is -4.69. The van der Waals surface area contributed by atoms with Crippen LogP contribution in [-0.4, -0.2) is 65.9 Å². The highest BCUT2D eigenvalue weighted by atomic mass is 32.2. The van der Waals surface area contributed by atoms with Gasteiger partial charge in [0.25, 0.3) is 0 Å². The number of hydrogen-bond acceptors (Lipinski definition) is 3. The summed E-state index contributed by atoms with van der Waals surface area (Å²) in [6.07, 6.45) is 2.07. The van der Waals surface area contributed by atoms with Gasteiger partial charge in [-0.1, -0.05) is 0 Å². The molecule has 0 spiro atoms. The van der Waals surface area contributed by atoms with Crippen LogP contribution in [0.2, 0.25) is 0 Å². The van der Waals surface area contributed by atoms with Crippen molar-refractivity contribution >= 4 is 23.6 Å². The molecule has 1 saturated heterocycles. The third kappa shape index (κ3) is 4.58. The summed E-state index contributed by atoms with van der Waals surface area (Å²) in [5.41, 5.74) is 0.148. The molecule has 0 aliphatic carbocycles. The van der Waals surface area contributed by atoms with Crippen molar-refractivity contribution in [3.8, 4) is 0 Å². The fourth-order valence-electron chi connectivity index (χ4n) is 1.34. The minimum atomic E-state index is -1.01. The van der Waals surface area contributed by atoms with Gasteiger partial charge >= 0.3 is 5.97 Å². The van der Waals surface area contributed by atoms with Crippen molar-refractivity contribution in [1.82, 2.24) is 4.90 Å². The first kappa shape index (κ1) is 30.1. The first-order chi connectivity index (χ1) is 5.70. The quantitative estimate of drug-likeness (QED) is 0.467. The van der Waals surface area contributed by atoms with Crippen LogP contribution in [0.5, 0.6) is 0 Å². The van der Waals surface area contributed by atoms with E-state index in [0.29, 0.717) is 12.2 Å². The van der Waals surface area contributed by atoms with Crippen LogP contribution in [0.1, 0.15) is 6.42 Å². The molecule has 112 valence electrons. The Hall–Kier alpha value is -1.21. The highest BCUT2D eigenvalue weighted by Gasteiger charge is 2.42. The summed E-state index contributed by atoms with van der Waals surface area (Å²) in [7, 11) is 0. The van der Waals surface area contributed by atoms with E-state index in [0.717, 1.165) is 0 Å². The summed E-state index contributed by atoms with van der Waals surface area (Å²) >= 11 is 1.60. The van der Waals surface area contributed by atoms with Crippen molar-refractivity contribution in [2.45, 2.75) is 11.8 Å². The number of nitrogens with zero attached hydrogens (tertiary/aromatic N) is 1. The summed E-state index contributed by atoms with van der Waals surface area (Å²) in [5.74, 6) is -0.398. The van der Waals surface area contributed by atoms with E-state index in [9.17, 15) is 9.59 Å². The van der Waals surface area contributed by atoms with Gasteiger partial charge in [-0.15, -0.1) is 11.8 Å². The van der Waals surface area contributed by atoms with E-state index in [2.05, 4.69) is 0 Å². The highest BCUT2D eigenvalue weighted by Crippen LogP contribution is 2.36. The number of carboxylic acid groups (broad SMARTS) is 1. The molecule has 0 aromatic rings. The van der Waals surface area contributed by atoms with Crippen molar-refractivity contribution in [1.29, 1.82) is 0 Å². The number of amides is 1. The number of carbonyl (C=O) groups excluding carboxylic acids is 1. The molecule has 10 nitrogen and oxygen atoms in total. The first-order valence-corrected chi connectivity index (χ1v) is 4.62. The molecule has 2 aliphatic heterocycles. The summed E-state index contributed by atoms with van der Waals surface area (Å²) in [5, 5.41) is 8.78. The summed E-state index contributed by atoms with van der Waals surface area (Å²) in [6.45, 7) is 0. The molecule has 11 heteroatoms. The van der Waals surface area contributed by atoms with E-state index < -0.39 is 5.97 Å². The second-order valence-electron chi connectivity index (χ2n) is 2.65. The van der Waals surface area contributed by atoms with Crippen molar-refractivity contribution in [3.63, 3.8) is 0 Å². The van der Waals surface area contributed by atoms with Gasteiger partial charge in [-0.2, -0.15) is 0 Å². The maximum absolute atomic E-state index is 11.0.